The summed E-state index contributed by atoms with van der Waals surface area (Å²) >= 11 is 0. The van der Waals surface area contributed by atoms with Crippen molar-refractivity contribution in [1.82, 2.24) is 4.57 Å². The second-order valence-electron chi connectivity index (χ2n) is 5.75. The van der Waals surface area contributed by atoms with Gasteiger partial charge in [0.2, 0.25) is 0 Å². The van der Waals surface area contributed by atoms with Crippen LogP contribution in [-0.4, -0.2) is 4.57 Å². The summed E-state index contributed by atoms with van der Waals surface area (Å²) in [4.78, 5) is 0. The number of rotatable bonds is 2. The summed E-state index contributed by atoms with van der Waals surface area (Å²) in [6, 6.07) is 5.28. The average Bonchev–Trinajstić information content (AvgIpc) is 2.58. The molecule has 2 rings (SSSR count). The lowest BCUT2D eigenvalue weighted by molar-refractivity contribution is 0.181. The van der Waals surface area contributed by atoms with Crippen molar-refractivity contribution in [3.63, 3.8) is 0 Å². The fourth-order valence-electron chi connectivity index (χ4n) is 3.44. The first-order valence-electron chi connectivity index (χ1n) is 6.75. The van der Waals surface area contributed by atoms with Crippen molar-refractivity contribution in [2.75, 3.05) is 0 Å². The first-order valence-corrected chi connectivity index (χ1v) is 6.75. The lowest BCUT2D eigenvalue weighted by Crippen LogP contribution is -2.28. The monoisotopic (exact) mass is 219 g/mol. The molecule has 0 spiro atoms. The molecule has 1 saturated carbocycles. The standard InChI is InChI=1S/C15H25N/c1-11(2)14-7-5-6-8-15(14)16-12(3)9-10-13(16)4/h9-11,14-15H,5-8H2,1-4H3. The second-order valence-corrected chi connectivity index (χ2v) is 5.75. The molecule has 0 aromatic carbocycles. The van der Waals surface area contributed by atoms with Crippen molar-refractivity contribution in [3.05, 3.63) is 23.5 Å². The Hall–Kier alpha value is -0.720. The van der Waals surface area contributed by atoms with Gasteiger partial charge in [0.1, 0.15) is 0 Å². The number of aryl methyl sites for hydroxylation is 2. The second kappa shape index (κ2) is 4.65. The minimum absolute atomic E-state index is 0.753. The van der Waals surface area contributed by atoms with E-state index in [2.05, 4.69) is 44.4 Å². The highest BCUT2D eigenvalue weighted by molar-refractivity contribution is 5.15. The molecule has 1 aliphatic rings. The smallest absolute Gasteiger partial charge is 0.0366 e. The van der Waals surface area contributed by atoms with Gasteiger partial charge in [-0.2, -0.15) is 0 Å². The summed E-state index contributed by atoms with van der Waals surface area (Å²) in [7, 11) is 0. The maximum atomic E-state index is 2.59. The zero-order chi connectivity index (χ0) is 11.7. The number of nitrogens with zero attached hydrogens (tertiary/aromatic N) is 1. The van der Waals surface area contributed by atoms with Crippen LogP contribution in [0.15, 0.2) is 12.1 Å². The Labute approximate surface area is 99.9 Å². The molecule has 1 aromatic rings. The van der Waals surface area contributed by atoms with Gasteiger partial charge < -0.3 is 4.57 Å². The van der Waals surface area contributed by atoms with Crippen LogP contribution in [0, 0.1) is 25.7 Å². The molecule has 0 bridgehead atoms. The van der Waals surface area contributed by atoms with Gasteiger partial charge in [-0.05, 0) is 50.7 Å². The van der Waals surface area contributed by atoms with Crippen molar-refractivity contribution >= 4 is 0 Å². The first kappa shape index (κ1) is 11.8. The largest absolute Gasteiger partial charge is 0.346 e. The molecule has 0 amide bonds. The lowest BCUT2D eigenvalue weighted by Gasteiger charge is -2.37. The highest BCUT2D eigenvalue weighted by Gasteiger charge is 2.29. The van der Waals surface area contributed by atoms with E-state index in [1.807, 2.05) is 0 Å². The normalized spacial score (nSPS) is 26.3. The van der Waals surface area contributed by atoms with Gasteiger partial charge in [-0.3, -0.25) is 0 Å². The highest BCUT2D eigenvalue weighted by atomic mass is 15.0. The van der Waals surface area contributed by atoms with E-state index >= 15 is 0 Å². The van der Waals surface area contributed by atoms with Crippen LogP contribution >= 0.6 is 0 Å². The third-order valence-corrected chi connectivity index (χ3v) is 4.30. The molecule has 2 atom stereocenters. The van der Waals surface area contributed by atoms with E-state index < -0.39 is 0 Å². The highest BCUT2D eigenvalue weighted by Crippen LogP contribution is 2.39. The van der Waals surface area contributed by atoms with Crippen molar-refractivity contribution in [2.45, 2.75) is 59.4 Å². The van der Waals surface area contributed by atoms with E-state index in [0.717, 1.165) is 17.9 Å². The molecule has 90 valence electrons. The summed E-state index contributed by atoms with van der Waals surface area (Å²) < 4.78 is 2.59. The quantitative estimate of drug-likeness (QED) is 0.690. The summed E-state index contributed by atoms with van der Waals surface area (Å²) in [6.07, 6.45) is 5.63. The van der Waals surface area contributed by atoms with E-state index in [9.17, 15) is 0 Å². The number of hydrogen-bond donors (Lipinski definition) is 0. The van der Waals surface area contributed by atoms with Gasteiger partial charge in [-0.25, -0.2) is 0 Å². The van der Waals surface area contributed by atoms with Crippen LogP contribution in [0.2, 0.25) is 0 Å². The molecular weight excluding hydrogens is 194 g/mol. The molecule has 1 nitrogen and oxygen atoms in total. The zero-order valence-corrected chi connectivity index (χ0v) is 11.2. The predicted octanol–water partition coefficient (Wildman–Crippen LogP) is 4.49. The van der Waals surface area contributed by atoms with Gasteiger partial charge in [-0.1, -0.05) is 26.7 Å². The molecule has 0 aliphatic heterocycles. The SMILES string of the molecule is Cc1ccc(C)n1C1CCCCC1C(C)C. The minimum atomic E-state index is 0.753. The van der Waals surface area contributed by atoms with Gasteiger partial charge >= 0.3 is 0 Å². The topological polar surface area (TPSA) is 4.93 Å². The molecular formula is C15H25N. The molecule has 1 heteroatoms. The molecule has 0 radical (unpaired) electrons. The first-order chi connectivity index (χ1) is 7.61. The van der Waals surface area contributed by atoms with Crippen molar-refractivity contribution < 1.29 is 0 Å². The van der Waals surface area contributed by atoms with Crippen LogP contribution in [0.4, 0.5) is 0 Å². The molecule has 1 heterocycles. The van der Waals surface area contributed by atoms with Crippen LogP contribution in [0.3, 0.4) is 0 Å². The Morgan fingerprint density at radius 2 is 1.62 bits per heavy atom. The maximum absolute atomic E-state index is 2.59. The summed E-state index contributed by atoms with van der Waals surface area (Å²) in [5.74, 6) is 1.69. The molecule has 1 aromatic heterocycles. The van der Waals surface area contributed by atoms with E-state index in [1.54, 1.807) is 0 Å². The Kier molecular flexibility index (Phi) is 3.41. The van der Waals surface area contributed by atoms with Crippen molar-refractivity contribution in [1.29, 1.82) is 0 Å². The van der Waals surface area contributed by atoms with Crippen LogP contribution in [0.25, 0.3) is 0 Å². The minimum Gasteiger partial charge on any atom is -0.346 e. The average molecular weight is 219 g/mol. The fraction of sp³-hybridized carbons (Fsp3) is 0.733. The van der Waals surface area contributed by atoms with E-state index in [1.165, 1.54) is 37.1 Å². The van der Waals surface area contributed by atoms with Crippen molar-refractivity contribution in [2.24, 2.45) is 11.8 Å². The predicted molar refractivity (Wildman–Crippen MR) is 69.7 cm³/mol. The van der Waals surface area contributed by atoms with Crippen LogP contribution in [0.5, 0.6) is 0 Å². The summed E-state index contributed by atoms with van der Waals surface area (Å²) in [6.45, 7) is 9.27. The van der Waals surface area contributed by atoms with Crippen molar-refractivity contribution in [3.8, 4) is 0 Å². The third-order valence-electron chi connectivity index (χ3n) is 4.30. The molecule has 2 unspecified atom stereocenters. The van der Waals surface area contributed by atoms with E-state index in [4.69, 9.17) is 0 Å². The molecule has 1 fully saturated rings. The lowest BCUT2D eigenvalue weighted by atomic mass is 9.77. The van der Waals surface area contributed by atoms with Crippen LogP contribution in [0.1, 0.15) is 57.0 Å². The van der Waals surface area contributed by atoms with Gasteiger partial charge in [0.15, 0.2) is 0 Å². The molecule has 0 N–H and O–H groups in total. The molecule has 0 saturated heterocycles. The molecule has 1 aliphatic carbocycles. The fourth-order valence-corrected chi connectivity index (χ4v) is 3.44. The van der Waals surface area contributed by atoms with Gasteiger partial charge in [-0.15, -0.1) is 0 Å². The van der Waals surface area contributed by atoms with Gasteiger partial charge in [0.05, 0.1) is 0 Å². The molecule has 16 heavy (non-hydrogen) atoms. The van der Waals surface area contributed by atoms with Crippen LogP contribution < -0.4 is 0 Å². The summed E-state index contributed by atoms with van der Waals surface area (Å²) in [5.41, 5.74) is 2.88. The third kappa shape index (κ3) is 2.05. The number of hydrogen-bond acceptors (Lipinski definition) is 0. The van der Waals surface area contributed by atoms with E-state index in [-0.39, 0.29) is 0 Å². The maximum Gasteiger partial charge on any atom is 0.0366 e. The summed E-state index contributed by atoms with van der Waals surface area (Å²) in [5, 5.41) is 0. The van der Waals surface area contributed by atoms with Gasteiger partial charge in [0.25, 0.3) is 0 Å². The Bertz CT molecular complexity index is 329. The Balaban J connectivity index is 2.30. The van der Waals surface area contributed by atoms with E-state index in [0.29, 0.717) is 0 Å². The Morgan fingerprint density at radius 3 is 2.19 bits per heavy atom. The Morgan fingerprint density at radius 1 is 1.06 bits per heavy atom. The zero-order valence-electron chi connectivity index (χ0n) is 11.2. The number of aromatic nitrogens is 1. The van der Waals surface area contributed by atoms with Gasteiger partial charge in [0, 0.05) is 17.4 Å². The van der Waals surface area contributed by atoms with Crippen LogP contribution in [-0.2, 0) is 0 Å².